The summed E-state index contributed by atoms with van der Waals surface area (Å²) in [6, 6.07) is 10.7. The topological polar surface area (TPSA) is 39.7 Å². The largest absolute Gasteiger partial charge is 0.357 e. The highest BCUT2D eigenvalue weighted by molar-refractivity contribution is 14.0. The molecule has 2 rings (SSSR count). The van der Waals surface area contributed by atoms with E-state index in [1.807, 2.05) is 0 Å². The summed E-state index contributed by atoms with van der Waals surface area (Å²) in [6.07, 6.45) is 3.89. The number of piperidine rings is 1. The van der Waals surface area contributed by atoms with Gasteiger partial charge in [-0.2, -0.15) is 0 Å². The van der Waals surface area contributed by atoms with E-state index in [2.05, 4.69) is 73.7 Å². The lowest BCUT2D eigenvalue weighted by molar-refractivity contribution is 0.213. The van der Waals surface area contributed by atoms with Gasteiger partial charge < -0.3 is 15.5 Å². The average Bonchev–Trinajstić information content (AvgIpc) is 2.62. The molecule has 0 bridgehead atoms. The van der Waals surface area contributed by atoms with Gasteiger partial charge in [0.05, 0.1) is 6.54 Å². The molecular formula is C21H37IN4. The van der Waals surface area contributed by atoms with Gasteiger partial charge in [-0.05, 0) is 57.8 Å². The molecule has 1 aromatic carbocycles. The molecule has 1 saturated heterocycles. The van der Waals surface area contributed by atoms with Crippen molar-refractivity contribution in [1.29, 1.82) is 0 Å². The number of hydrogen-bond donors (Lipinski definition) is 2. The Balaban J connectivity index is 0.00000338. The van der Waals surface area contributed by atoms with Crippen molar-refractivity contribution in [3.63, 3.8) is 0 Å². The van der Waals surface area contributed by atoms with Crippen molar-refractivity contribution in [1.82, 2.24) is 15.5 Å². The van der Waals surface area contributed by atoms with Crippen molar-refractivity contribution in [3.05, 3.63) is 35.9 Å². The highest BCUT2D eigenvalue weighted by atomic mass is 127. The molecule has 5 heteroatoms. The van der Waals surface area contributed by atoms with E-state index in [0.29, 0.717) is 0 Å². The maximum Gasteiger partial charge on any atom is 0.191 e. The van der Waals surface area contributed by atoms with E-state index in [4.69, 9.17) is 4.99 Å². The van der Waals surface area contributed by atoms with E-state index in [0.717, 1.165) is 31.5 Å². The molecule has 0 atom stereocenters. The number of nitrogens with one attached hydrogen (secondary N) is 2. The lowest BCUT2D eigenvalue weighted by Crippen LogP contribution is -2.40. The van der Waals surface area contributed by atoms with E-state index in [1.54, 1.807) is 0 Å². The number of aliphatic imine (C=N–C) groups is 1. The third kappa shape index (κ3) is 7.82. The SMILES string of the molecule is CCNC(=NCC(C)(C)c1ccccc1)NCCC1CCN(C)CC1.I. The quantitative estimate of drug-likeness (QED) is 0.360. The first-order valence-electron chi connectivity index (χ1n) is 9.77. The van der Waals surface area contributed by atoms with E-state index in [-0.39, 0.29) is 29.4 Å². The van der Waals surface area contributed by atoms with Gasteiger partial charge in [0.15, 0.2) is 5.96 Å². The zero-order chi connectivity index (χ0) is 18.1. The zero-order valence-electron chi connectivity index (χ0n) is 16.9. The Kier molecular flexibility index (Phi) is 10.5. The summed E-state index contributed by atoms with van der Waals surface area (Å²) in [5.41, 5.74) is 1.37. The fraction of sp³-hybridized carbons (Fsp3) is 0.667. The molecule has 0 aliphatic carbocycles. The molecule has 0 saturated carbocycles. The second kappa shape index (κ2) is 11.8. The Labute approximate surface area is 177 Å². The van der Waals surface area contributed by atoms with Gasteiger partial charge in [-0.1, -0.05) is 44.2 Å². The van der Waals surface area contributed by atoms with Crippen LogP contribution in [0.2, 0.25) is 0 Å². The Morgan fingerprint density at radius 2 is 1.81 bits per heavy atom. The molecule has 1 aliphatic rings. The Hall–Kier alpha value is -0.820. The molecule has 0 aromatic heterocycles. The molecular weight excluding hydrogens is 435 g/mol. The van der Waals surface area contributed by atoms with Crippen LogP contribution >= 0.6 is 24.0 Å². The number of rotatable bonds is 7. The minimum Gasteiger partial charge on any atom is -0.357 e. The minimum absolute atomic E-state index is 0. The Bertz CT molecular complexity index is 522. The second-order valence-electron chi connectivity index (χ2n) is 7.91. The van der Waals surface area contributed by atoms with E-state index in [9.17, 15) is 0 Å². The van der Waals surface area contributed by atoms with Gasteiger partial charge in [-0.25, -0.2) is 0 Å². The maximum atomic E-state index is 4.84. The third-order valence-electron chi connectivity index (χ3n) is 5.22. The number of likely N-dealkylation sites (tertiary alicyclic amines) is 1. The van der Waals surface area contributed by atoms with Gasteiger partial charge in [0.2, 0.25) is 0 Å². The zero-order valence-corrected chi connectivity index (χ0v) is 19.3. The average molecular weight is 472 g/mol. The first-order chi connectivity index (χ1) is 12.0. The van der Waals surface area contributed by atoms with Crippen molar-refractivity contribution in [2.45, 2.75) is 45.4 Å². The monoisotopic (exact) mass is 472 g/mol. The van der Waals surface area contributed by atoms with Crippen molar-refractivity contribution in [3.8, 4) is 0 Å². The maximum absolute atomic E-state index is 4.84. The van der Waals surface area contributed by atoms with Gasteiger partial charge in [0, 0.05) is 18.5 Å². The van der Waals surface area contributed by atoms with Crippen LogP contribution < -0.4 is 10.6 Å². The first-order valence-corrected chi connectivity index (χ1v) is 9.77. The van der Waals surface area contributed by atoms with Crippen LogP contribution in [0.1, 0.15) is 45.6 Å². The van der Waals surface area contributed by atoms with Crippen LogP contribution in [0.25, 0.3) is 0 Å². The van der Waals surface area contributed by atoms with Crippen LogP contribution in [0.5, 0.6) is 0 Å². The summed E-state index contributed by atoms with van der Waals surface area (Å²) in [5.74, 6) is 1.80. The smallest absolute Gasteiger partial charge is 0.191 e. The van der Waals surface area contributed by atoms with Crippen LogP contribution in [0.4, 0.5) is 0 Å². The first kappa shape index (κ1) is 23.2. The molecule has 1 heterocycles. The second-order valence-corrected chi connectivity index (χ2v) is 7.91. The number of benzene rings is 1. The van der Waals surface area contributed by atoms with Crippen molar-refractivity contribution in [2.75, 3.05) is 39.8 Å². The predicted molar refractivity (Wildman–Crippen MR) is 124 cm³/mol. The normalized spacial score (nSPS) is 16.8. The lowest BCUT2D eigenvalue weighted by atomic mass is 9.85. The van der Waals surface area contributed by atoms with Gasteiger partial charge in [0.1, 0.15) is 0 Å². The highest BCUT2D eigenvalue weighted by Gasteiger charge is 2.20. The third-order valence-corrected chi connectivity index (χ3v) is 5.22. The number of halogens is 1. The van der Waals surface area contributed by atoms with Gasteiger partial charge in [-0.15, -0.1) is 24.0 Å². The molecule has 0 radical (unpaired) electrons. The van der Waals surface area contributed by atoms with Crippen LogP contribution in [0.15, 0.2) is 35.3 Å². The lowest BCUT2D eigenvalue weighted by Gasteiger charge is -2.29. The molecule has 2 N–H and O–H groups in total. The summed E-state index contributed by atoms with van der Waals surface area (Å²) in [7, 11) is 2.22. The Morgan fingerprint density at radius 1 is 1.15 bits per heavy atom. The van der Waals surface area contributed by atoms with Crippen LogP contribution in [0.3, 0.4) is 0 Å². The van der Waals surface area contributed by atoms with E-state index in [1.165, 1.54) is 37.9 Å². The molecule has 0 unspecified atom stereocenters. The molecule has 0 spiro atoms. The summed E-state index contributed by atoms with van der Waals surface area (Å²) in [6.45, 7) is 11.8. The number of hydrogen-bond acceptors (Lipinski definition) is 2. The van der Waals surface area contributed by atoms with Gasteiger partial charge in [0.25, 0.3) is 0 Å². The van der Waals surface area contributed by atoms with Crippen molar-refractivity contribution >= 4 is 29.9 Å². The number of nitrogens with zero attached hydrogens (tertiary/aromatic N) is 2. The standard InChI is InChI=1S/C21H36N4.HI/c1-5-22-20(23-14-11-18-12-15-25(4)16-13-18)24-17-21(2,3)19-9-7-6-8-10-19;/h6-10,18H,5,11-17H2,1-4H3,(H2,22,23,24);1H. The number of guanidine groups is 1. The van der Waals surface area contributed by atoms with Crippen molar-refractivity contribution in [2.24, 2.45) is 10.9 Å². The summed E-state index contributed by atoms with van der Waals surface area (Å²) in [5, 5.41) is 6.91. The van der Waals surface area contributed by atoms with Crippen LogP contribution in [-0.4, -0.2) is 50.6 Å². The van der Waals surface area contributed by atoms with E-state index >= 15 is 0 Å². The fourth-order valence-corrected chi connectivity index (χ4v) is 3.34. The van der Waals surface area contributed by atoms with Gasteiger partial charge >= 0.3 is 0 Å². The summed E-state index contributed by atoms with van der Waals surface area (Å²) < 4.78 is 0. The molecule has 1 aliphatic heterocycles. The molecule has 26 heavy (non-hydrogen) atoms. The highest BCUT2D eigenvalue weighted by Crippen LogP contribution is 2.23. The molecule has 1 fully saturated rings. The van der Waals surface area contributed by atoms with Crippen LogP contribution in [-0.2, 0) is 5.41 Å². The Morgan fingerprint density at radius 3 is 2.42 bits per heavy atom. The van der Waals surface area contributed by atoms with E-state index < -0.39 is 0 Å². The molecule has 1 aromatic rings. The molecule has 4 nitrogen and oxygen atoms in total. The fourth-order valence-electron chi connectivity index (χ4n) is 3.34. The van der Waals surface area contributed by atoms with Crippen LogP contribution in [0, 0.1) is 5.92 Å². The van der Waals surface area contributed by atoms with Crippen molar-refractivity contribution < 1.29 is 0 Å². The molecule has 148 valence electrons. The summed E-state index contributed by atoms with van der Waals surface area (Å²) >= 11 is 0. The minimum atomic E-state index is 0. The van der Waals surface area contributed by atoms with Gasteiger partial charge in [-0.3, -0.25) is 4.99 Å². The predicted octanol–water partition coefficient (Wildman–Crippen LogP) is 3.87. The molecule has 0 amide bonds. The summed E-state index contributed by atoms with van der Waals surface area (Å²) in [4.78, 5) is 7.27.